The lowest BCUT2D eigenvalue weighted by atomic mass is 10.1. The van der Waals surface area contributed by atoms with Crippen LogP contribution in [-0.2, 0) is 6.61 Å². The largest absolute Gasteiger partial charge is 0.390 e. The van der Waals surface area contributed by atoms with E-state index < -0.39 is 0 Å². The average molecular weight is 204 g/mol. The van der Waals surface area contributed by atoms with Gasteiger partial charge < -0.3 is 5.11 Å². The van der Waals surface area contributed by atoms with E-state index >= 15 is 0 Å². The molecule has 0 fully saturated rings. The number of aromatic nitrogens is 2. The van der Waals surface area contributed by atoms with Crippen LogP contribution in [0.2, 0.25) is 0 Å². The summed E-state index contributed by atoms with van der Waals surface area (Å²) in [7, 11) is 0. The quantitative estimate of drug-likeness (QED) is 0.810. The minimum absolute atomic E-state index is 0.177. The van der Waals surface area contributed by atoms with Crippen molar-refractivity contribution in [2.24, 2.45) is 0 Å². The molecule has 0 unspecified atom stereocenters. The van der Waals surface area contributed by atoms with E-state index in [1.54, 1.807) is 24.3 Å². The molecule has 0 saturated heterocycles. The Labute approximate surface area is 86.3 Å². The lowest BCUT2D eigenvalue weighted by Gasteiger charge is -2.02. The molecule has 0 saturated carbocycles. The zero-order chi connectivity index (χ0) is 10.7. The monoisotopic (exact) mass is 204 g/mol. The highest BCUT2D eigenvalue weighted by atomic mass is 19.1. The summed E-state index contributed by atoms with van der Waals surface area (Å²) in [6.07, 6.45) is 1.31. The standard InChI is InChI=1S/C11H9FN2O/c12-10-4-2-1-3-9(10)11-5-8(6-15)13-7-14-11/h1-5,7,15H,6H2. The van der Waals surface area contributed by atoms with Crippen LogP contribution in [0.3, 0.4) is 0 Å². The van der Waals surface area contributed by atoms with E-state index in [1.165, 1.54) is 12.4 Å². The van der Waals surface area contributed by atoms with Gasteiger partial charge in [0, 0.05) is 5.56 Å². The van der Waals surface area contributed by atoms with Crippen LogP contribution in [0.5, 0.6) is 0 Å². The summed E-state index contributed by atoms with van der Waals surface area (Å²) in [6.45, 7) is -0.177. The summed E-state index contributed by atoms with van der Waals surface area (Å²) in [6, 6.07) is 7.93. The van der Waals surface area contributed by atoms with Crippen molar-refractivity contribution in [1.29, 1.82) is 0 Å². The van der Waals surface area contributed by atoms with Crippen LogP contribution >= 0.6 is 0 Å². The lowest BCUT2D eigenvalue weighted by Crippen LogP contribution is -1.93. The van der Waals surface area contributed by atoms with E-state index in [0.717, 1.165) is 0 Å². The van der Waals surface area contributed by atoms with Gasteiger partial charge in [0.05, 0.1) is 18.0 Å². The van der Waals surface area contributed by atoms with Gasteiger partial charge in [0.15, 0.2) is 0 Å². The summed E-state index contributed by atoms with van der Waals surface area (Å²) in [4.78, 5) is 7.79. The van der Waals surface area contributed by atoms with Crippen LogP contribution in [0.15, 0.2) is 36.7 Å². The Morgan fingerprint density at radius 2 is 2.00 bits per heavy atom. The zero-order valence-corrected chi connectivity index (χ0v) is 7.89. The normalized spacial score (nSPS) is 10.3. The first-order valence-corrected chi connectivity index (χ1v) is 4.48. The SMILES string of the molecule is OCc1cc(-c2ccccc2F)ncn1. The van der Waals surface area contributed by atoms with E-state index in [0.29, 0.717) is 17.0 Å². The molecule has 4 heteroatoms. The first-order valence-electron chi connectivity index (χ1n) is 4.48. The second kappa shape index (κ2) is 4.14. The molecule has 1 heterocycles. The molecule has 15 heavy (non-hydrogen) atoms. The van der Waals surface area contributed by atoms with Crippen molar-refractivity contribution in [1.82, 2.24) is 9.97 Å². The van der Waals surface area contributed by atoms with Crippen molar-refractivity contribution in [3.05, 3.63) is 48.2 Å². The molecule has 0 aliphatic heterocycles. The number of aliphatic hydroxyl groups is 1. The zero-order valence-electron chi connectivity index (χ0n) is 7.89. The topological polar surface area (TPSA) is 46.0 Å². The maximum absolute atomic E-state index is 13.4. The van der Waals surface area contributed by atoms with Crippen LogP contribution in [-0.4, -0.2) is 15.1 Å². The number of halogens is 1. The molecule has 0 atom stereocenters. The van der Waals surface area contributed by atoms with Gasteiger partial charge in [-0.05, 0) is 18.2 Å². The van der Waals surface area contributed by atoms with Gasteiger partial charge in [0.2, 0.25) is 0 Å². The first kappa shape index (κ1) is 9.73. The van der Waals surface area contributed by atoms with Crippen molar-refractivity contribution in [2.75, 3.05) is 0 Å². The van der Waals surface area contributed by atoms with Crippen molar-refractivity contribution < 1.29 is 9.50 Å². The molecule has 0 bridgehead atoms. The molecule has 2 rings (SSSR count). The molecular formula is C11H9FN2O. The Morgan fingerprint density at radius 3 is 2.73 bits per heavy atom. The number of rotatable bonds is 2. The van der Waals surface area contributed by atoms with Gasteiger partial charge in [-0.25, -0.2) is 14.4 Å². The summed E-state index contributed by atoms with van der Waals surface area (Å²) < 4.78 is 13.4. The predicted octanol–water partition coefficient (Wildman–Crippen LogP) is 1.77. The van der Waals surface area contributed by atoms with Crippen molar-refractivity contribution in [3.8, 4) is 11.3 Å². The van der Waals surface area contributed by atoms with Gasteiger partial charge in [-0.2, -0.15) is 0 Å². The Bertz CT molecular complexity index is 474. The second-order valence-corrected chi connectivity index (χ2v) is 3.03. The van der Waals surface area contributed by atoms with Gasteiger partial charge in [-0.15, -0.1) is 0 Å². The van der Waals surface area contributed by atoms with Crippen LogP contribution in [0.25, 0.3) is 11.3 Å². The first-order chi connectivity index (χ1) is 7.31. The minimum Gasteiger partial charge on any atom is -0.390 e. The number of hydrogen-bond donors (Lipinski definition) is 1. The van der Waals surface area contributed by atoms with Crippen LogP contribution < -0.4 is 0 Å². The van der Waals surface area contributed by atoms with Gasteiger partial charge in [0.1, 0.15) is 12.1 Å². The molecule has 1 N–H and O–H groups in total. The minimum atomic E-state index is -0.333. The third kappa shape index (κ3) is 1.99. The number of aliphatic hydroxyl groups excluding tert-OH is 1. The molecule has 0 aliphatic rings. The molecule has 76 valence electrons. The molecule has 0 amide bonds. The van der Waals surface area contributed by atoms with E-state index in [9.17, 15) is 4.39 Å². The summed E-state index contributed by atoms with van der Waals surface area (Å²) >= 11 is 0. The number of nitrogens with zero attached hydrogens (tertiary/aromatic N) is 2. The van der Waals surface area contributed by atoms with Gasteiger partial charge >= 0.3 is 0 Å². The van der Waals surface area contributed by atoms with E-state index in [-0.39, 0.29) is 12.4 Å². The highest BCUT2D eigenvalue weighted by Gasteiger charge is 2.05. The second-order valence-electron chi connectivity index (χ2n) is 3.03. The summed E-state index contributed by atoms with van der Waals surface area (Å²) in [5, 5.41) is 8.89. The molecule has 2 aromatic rings. The fourth-order valence-corrected chi connectivity index (χ4v) is 1.30. The maximum atomic E-state index is 13.4. The van der Waals surface area contributed by atoms with Crippen LogP contribution in [0, 0.1) is 5.82 Å². The Morgan fingerprint density at radius 1 is 1.20 bits per heavy atom. The van der Waals surface area contributed by atoms with Gasteiger partial charge in [0.25, 0.3) is 0 Å². The van der Waals surface area contributed by atoms with Crippen LogP contribution in [0.1, 0.15) is 5.69 Å². The third-order valence-electron chi connectivity index (χ3n) is 2.04. The summed E-state index contributed by atoms with van der Waals surface area (Å²) in [5.74, 6) is -0.333. The maximum Gasteiger partial charge on any atom is 0.132 e. The fourth-order valence-electron chi connectivity index (χ4n) is 1.30. The highest BCUT2D eigenvalue weighted by molar-refractivity contribution is 5.59. The van der Waals surface area contributed by atoms with E-state index in [2.05, 4.69) is 9.97 Å². The Kier molecular flexibility index (Phi) is 2.69. The van der Waals surface area contributed by atoms with Crippen molar-refractivity contribution in [2.45, 2.75) is 6.61 Å². The molecule has 1 aromatic heterocycles. The predicted molar refractivity (Wildman–Crippen MR) is 53.3 cm³/mol. The smallest absolute Gasteiger partial charge is 0.132 e. The third-order valence-corrected chi connectivity index (χ3v) is 2.04. The number of hydrogen-bond acceptors (Lipinski definition) is 3. The Hall–Kier alpha value is -1.81. The van der Waals surface area contributed by atoms with Crippen molar-refractivity contribution >= 4 is 0 Å². The van der Waals surface area contributed by atoms with Crippen molar-refractivity contribution in [3.63, 3.8) is 0 Å². The highest BCUT2D eigenvalue weighted by Crippen LogP contribution is 2.20. The fraction of sp³-hybridized carbons (Fsp3) is 0.0909. The lowest BCUT2D eigenvalue weighted by molar-refractivity contribution is 0.276. The number of benzene rings is 1. The van der Waals surface area contributed by atoms with E-state index in [1.807, 2.05) is 0 Å². The van der Waals surface area contributed by atoms with Crippen LogP contribution in [0.4, 0.5) is 4.39 Å². The molecule has 0 radical (unpaired) electrons. The molecule has 0 aliphatic carbocycles. The molecular weight excluding hydrogens is 195 g/mol. The molecule has 0 spiro atoms. The Balaban J connectivity index is 2.49. The van der Waals surface area contributed by atoms with E-state index in [4.69, 9.17) is 5.11 Å². The van der Waals surface area contributed by atoms with Gasteiger partial charge in [-0.1, -0.05) is 12.1 Å². The average Bonchev–Trinajstić information content (AvgIpc) is 2.30. The summed E-state index contributed by atoms with van der Waals surface area (Å²) in [5.41, 5.74) is 1.37. The molecule has 1 aromatic carbocycles. The van der Waals surface area contributed by atoms with Gasteiger partial charge in [-0.3, -0.25) is 0 Å². The molecule has 3 nitrogen and oxygen atoms in total.